The second-order valence-electron chi connectivity index (χ2n) is 3.65. The zero-order chi connectivity index (χ0) is 11.0. The van der Waals surface area contributed by atoms with Gasteiger partial charge in [-0.05, 0) is 24.6 Å². The molecule has 4 heteroatoms. The minimum atomic E-state index is -0.856. The molecule has 0 fully saturated rings. The molecule has 2 rings (SSSR count). The number of carboxylic acid groups (broad SMARTS) is 1. The van der Waals surface area contributed by atoms with E-state index in [1.54, 1.807) is 0 Å². The van der Waals surface area contributed by atoms with Gasteiger partial charge < -0.3 is 9.67 Å². The number of carboxylic acids is 1. The van der Waals surface area contributed by atoms with Crippen molar-refractivity contribution in [3.8, 4) is 0 Å². The van der Waals surface area contributed by atoms with Gasteiger partial charge in [-0.15, -0.1) is 0 Å². The maximum absolute atomic E-state index is 10.6. The molecular formula is C11H12N2O2. The molecule has 0 aliphatic rings. The lowest BCUT2D eigenvalue weighted by Crippen LogP contribution is -2.06. The Morgan fingerprint density at radius 2 is 2.27 bits per heavy atom. The van der Waals surface area contributed by atoms with E-state index < -0.39 is 5.97 Å². The Hall–Kier alpha value is -1.84. The second kappa shape index (κ2) is 3.38. The molecule has 0 spiro atoms. The summed E-state index contributed by atoms with van der Waals surface area (Å²) in [4.78, 5) is 14.9. The number of aliphatic carboxylic acids is 1. The Morgan fingerprint density at radius 3 is 2.93 bits per heavy atom. The van der Waals surface area contributed by atoms with Gasteiger partial charge in [0.25, 0.3) is 0 Å². The molecule has 0 unspecified atom stereocenters. The van der Waals surface area contributed by atoms with Crippen LogP contribution >= 0.6 is 0 Å². The van der Waals surface area contributed by atoms with E-state index in [9.17, 15) is 4.79 Å². The number of hydrogen-bond acceptors (Lipinski definition) is 2. The van der Waals surface area contributed by atoms with Crippen molar-refractivity contribution in [2.24, 2.45) is 7.05 Å². The van der Waals surface area contributed by atoms with Crippen molar-refractivity contribution in [1.82, 2.24) is 9.55 Å². The highest BCUT2D eigenvalue weighted by atomic mass is 16.4. The third kappa shape index (κ3) is 1.70. The standard InChI is InChI=1S/C11H12N2O2/c1-7-3-4-9-8(5-7)12-10(13(9)2)6-11(14)15/h3-5H,6H2,1-2H3,(H,14,15). The van der Waals surface area contributed by atoms with E-state index in [4.69, 9.17) is 5.11 Å². The van der Waals surface area contributed by atoms with Gasteiger partial charge >= 0.3 is 5.97 Å². The number of benzene rings is 1. The predicted molar refractivity (Wildman–Crippen MR) is 56.8 cm³/mol. The first kappa shape index (κ1) is 9.71. The first-order chi connectivity index (χ1) is 7.08. The van der Waals surface area contributed by atoms with Gasteiger partial charge in [0, 0.05) is 7.05 Å². The SMILES string of the molecule is Cc1ccc2c(c1)nc(CC(=O)O)n2C. The summed E-state index contributed by atoms with van der Waals surface area (Å²) < 4.78 is 1.82. The van der Waals surface area contributed by atoms with E-state index in [0.29, 0.717) is 5.82 Å². The van der Waals surface area contributed by atoms with Gasteiger partial charge in [-0.25, -0.2) is 4.98 Å². The highest BCUT2D eigenvalue weighted by Gasteiger charge is 2.10. The fraction of sp³-hybridized carbons (Fsp3) is 0.273. The monoisotopic (exact) mass is 204 g/mol. The van der Waals surface area contributed by atoms with Gasteiger partial charge in [0.2, 0.25) is 0 Å². The summed E-state index contributed by atoms with van der Waals surface area (Å²) in [5.74, 6) is -0.270. The Bertz CT molecular complexity index is 529. The van der Waals surface area contributed by atoms with Crippen LogP contribution < -0.4 is 0 Å². The van der Waals surface area contributed by atoms with Crippen molar-refractivity contribution >= 4 is 17.0 Å². The van der Waals surface area contributed by atoms with Gasteiger partial charge in [0.05, 0.1) is 11.0 Å². The van der Waals surface area contributed by atoms with Crippen LogP contribution in [-0.2, 0) is 18.3 Å². The molecule has 78 valence electrons. The predicted octanol–water partition coefficient (Wildman–Crippen LogP) is 1.51. The molecule has 1 N–H and O–H groups in total. The van der Waals surface area contributed by atoms with E-state index in [-0.39, 0.29) is 6.42 Å². The largest absolute Gasteiger partial charge is 0.481 e. The summed E-state index contributed by atoms with van der Waals surface area (Å²) in [5.41, 5.74) is 2.95. The van der Waals surface area contributed by atoms with Crippen LogP contribution in [0, 0.1) is 6.92 Å². The third-order valence-corrected chi connectivity index (χ3v) is 2.44. The normalized spacial score (nSPS) is 10.8. The first-order valence-corrected chi connectivity index (χ1v) is 4.71. The van der Waals surface area contributed by atoms with Crippen LogP contribution in [0.15, 0.2) is 18.2 Å². The van der Waals surface area contributed by atoms with E-state index >= 15 is 0 Å². The molecule has 0 amide bonds. The maximum Gasteiger partial charge on any atom is 0.311 e. The number of nitrogens with zero attached hydrogens (tertiary/aromatic N) is 2. The molecule has 1 aromatic carbocycles. The van der Waals surface area contributed by atoms with Crippen molar-refractivity contribution in [3.63, 3.8) is 0 Å². The number of aryl methyl sites for hydroxylation is 2. The van der Waals surface area contributed by atoms with Gasteiger partial charge in [-0.1, -0.05) is 6.07 Å². The maximum atomic E-state index is 10.6. The topological polar surface area (TPSA) is 55.1 Å². The number of fused-ring (bicyclic) bond motifs is 1. The van der Waals surface area contributed by atoms with E-state index in [1.807, 2.05) is 36.7 Å². The number of carbonyl (C=O) groups is 1. The molecule has 0 radical (unpaired) electrons. The molecule has 0 atom stereocenters. The Labute approximate surface area is 87.2 Å². The lowest BCUT2D eigenvalue weighted by molar-refractivity contribution is -0.136. The van der Waals surface area contributed by atoms with Crippen molar-refractivity contribution in [3.05, 3.63) is 29.6 Å². The smallest absolute Gasteiger partial charge is 0.311 e. The zero-order valence-corrected chi connectivity index (χ0v) is 8.69. The molecule has 0 aliphatic carbocycles. The average Bonchev–Trinajstić information content (AvgIpc) is 2.42. The summed E-state index contributed by atoms with van der Waals surface area (Å²) in [6.45, 7) is 1.99. The molecule has 1 heterocycles. The Kier molecular flexibility index (Phi) is 2.19. The number of aromatic nitrogens is 2. The van der Waals surface area contributed by atoms with Crippen LogP contribution in [0.3, 0.4) is 0 Å². The highest BCUT2D eigenvalue weighted by molar-refractivity contribution is 5.78. The fourth-order valence-electron chi connectivity index (χ4n) is 1.65. The van der Waals surface area contributed by atoms with E-state index in [0.717, 1.165) is 16.6 Å². The lowest BCUT2D eigenvalue weighted by Gasteiger charge is -1.98. The van der Waals surface area contributed by atoms with E-state index in [1.165, 1.54) is 0 Å². The molecular weight excluding hydrogens is 192 g/mol. The van der Waals surface area contributed by atoms with Crippen LogP contribution in [0.5, 0.6) is 0 Å². The molecule has 0 bridgehead atoms. The summed E-state index contributed by atoms with van der Waals surface area (Å²) in [6.07, 6.45) is -0.0375. The lowest BCUT2D eigenvalue weighted by atomic mass is 10.2. The van der Waals surface area contributed by atoms with E-state index in [2.05, 4.69) is 4.98 Å². The number of rotatable bonds is 2. The van der Waals surface area contributed by atoms with Crippen LogP contribution in [0.2, 0.25) is 0 Å². The van der Waals surface area contributed by atoms with Gasteiger partial charge in [-0.3, -0.25) is 4.79 Å². The Morgan fingerprint density at radius 1 is 1.53 bits per heavy atom. The van der Waals surface area contributed by atoms with Crippen molar-refractivity contribution in [2.75, 3.05) is 0 Å². The molecule has 15 heavy (non-hydrogen) atoms. The minimum absolute atomic E-state index is 0.0375. The van der Waals surface area contributed by atoms with Crippen LogP contribution in [0.25, 0.3) is 11.0 Å². The quantitative estimate of drug-likeness (QED) is 0.806. The summed E-state index contributed by atoms with van der Waals surface area (Å²) in [7, 11) is 1.84. The molecule has 0 saturated heterocycles. The number of imidazole rings is 1. The van der Waals surface area contributed by atoms with Gasteiger partial charge in [0.15, 0.2) is 0 Å². The molecule has 0 aliphatic heterocycles. The van der Waals surface area contributed by atoms with Crippen molar-refractivity contribution in [1.29, 1.82) is 0 Å². The summed E-state index contributed by atoms with van der Waals surface area (Å²) in [6, 6.07) is 5.91. The fourth-order valence-corrected chi connectivity index (χ4v) is 1.65. The second-order valence-corrected chi connectivity index (χ2v) is 3.65. The van der Waals surface area contributed by atoms with Crippen LogP contribution in [-0.4, -0.2) is 20.6 Å². The van der Waals surface area contributed by atoms with Gasteiger partial charge in [-0.2, -0.15) is 0 Å². The van der Waals surface area contributed by atoms with Crippen molar-refractivity contribution in [2.45, 2.75) is 13.3 Å². The summed E-state index contributed by atoms with van der Waals surface area (Å²) in [5, 5.41) is 8.72. The van der Waals surface area contributed by atoms with Crippen molar-refractivity contribution < 1.29 is 9.90 Å². The molecule has 4 nitrogen and oxygen atoms in total. The highest BCUT2D eigenvalue weighted by Crippen LogP contribution is 2.16. The van der Waals surface area contributed by atoms with Crippen LogP contribution in [0.1, 0.15) is 11.4 Å². The molecule has 0 saturated carbocycles. The third-order valence-electron chi connectivity index (χ3n) is 2.44. The molecule has 1 aromatic heterocycles. The van der Waals surface area contributed by atoms with Gasteiger partial charge in [0.1, 0.15) is 12.2 Å². The average molecular weight is 204 g/mol. The summed E-state index contributed by atoms with van der Waals surface area (Å²) >= 11 is 0. The Balaban J connectivity index is 2.58. The molecule has 2 aromatic rings. The van der Waals surface area contributed by atoms with Crippen LogP contribution in [0.4, 0.5) is 0 Å². The minimum Gasteiger partial charge on any atom is -0.481 e. The number of hydrogen-bond donors (Lipinski definition) is 1. The first-order valence-electron chi connectivity index (χ1n) is 4.71. The zero-order valence-electron chi connectivity index (χ0n) is 8.69.